The number of hydrogen-bond donors (Lipinski definition) is 4. The number of aromatic nitrogens is 10. The molecule has 6 aromatic heterocycles. The summed E-state index contributed by atoms with van der Waals surface area (Å²) in [7, 11) is 0. The first-order valence-corrected chi connectivity index (χ1v) is 22.5. The van der Waals surface area contributed by atoms with Gasteiger partial charge in [-0.15, -0.1) is 0 Å². The number of fused-ring (bicyclic) bond motifs is 2. The molecule has 0 aliphatic heterocycles. The molecular formula is C50H56F2N14O4. The highest BCUT2D eigenvalue weighted by atomic mass is 19.1. The summed E-state index contributed by atoms with van der Waals surface area (Å²) in [6.07, 6.45) is 12.1. The molecule has 0 atom stereocenters. The lowest BCUT2D eigenvalue weighted by atomic mass is 10.2. The van der Waals surface area contributed by atoms with Gasteiger partial charge in [0.05, 0.1) is 90.9 Å². The highest BCUT2D eigenvalue weighted by Gasteiger charge is 2.18. The van der Waals surface area contributed by atoms with E-state index in [4.69, 9.17) is 9.47 Å². The molecule has 20 heteroatoms. The van der Waals surface area contributed by atoms with Crippen LogP contribution in [0.25, 0.3) is 33.4 Å². The second kappa shape index (κ2) is 21.9. The lowest BCUT2D eigenvalue weighted by molar-refractivity contribution is -0.112. The maximum Gasteiger partial charge on any atom is 0.247 e. The third-order valence-electron chi connectivity index (χ3n) is 10.9. The zero-order valence-electron chi connectivity index (χ0n) is 40.3. The molecule has 0 bridgehead atoms. The topological polar surface area (TPSA) is 198 Å². The van der Waals surface area contributed by atoms with E-state index in [-0.39, 0.29) is 47.6 Å². The fourth-order valence-electron chi connectivity index (χ4n) is 7.40. The second-order valence-electron chi connectivity index (χ2n) is 16.8. The van der Waals surface area contributed by atoms with Crippen LogP contribution >= 0.6 is 0 Å². The van der Waals surface area contributed by atoms with Crippen LogP contribution in [0.5, 0.6) is 0 Å². The van der Waals surface area contributed by atoms with Crippen molar-refractivity contribution in [3.63, 3.8) is 0 Å². The van der Waals surface area contributed by atoms with Crippen LogP contribution in [0, 0.1) is 39.3 Å². The second-order valence-corrected chi connectivity index (χ2v) is 16.8. The number of halogens is 2. The quantitative estimate of drug-likeness (QED) is 0.0596. The van der Waals surface area contributed by atoms with E-state index in [9.17, 15) is 18.4 Å². The van der Waals surface area contributed by atoms with Gasteiger partial charge in [0.2, 0.25) is 23.7 Å². The van der Waals surface area contributed by atoms with E-state index in [1.165, 1.54) is 12.2 Å². The van der Waals surface area contributed by atoms with E-state index in [1.54, 1.807) is 44.5 Å². The Morgan fingerprint density at radius 3 is 1.66 bits per heavy atom. The van der Waals surface area contributed by atoms with Crippen LogP contribution in [-0.2, 0) is 32.2 Å². The van der Waals surface area contributed by atoms with Crippen molar-refractivity contribution in [2.24, 2.45) is 0 Å². The summed E-state index contributed by atoms with van der Waals surface area (Å²) in [5.41, 5.74) is 7.66. The number of anilines is 6. The van der Waals surface area contributed by atoms with Gasteiger partial charge < -0.3 is 30.7 Å². The average molecular weight is 955 g/mol. The molecule has 2 aromatic carbocycles. The number of amides is 2. The predicted molar refractivity (Wildman–Crippen MR) is 267 cm³/mol. The summed E-state index contributed by atoms with van der Waals surface area (Å²) in [5.74, 6) is -1.01. The number of rotatable bonds is 18. The van der Waals surface area contributed by atoms with E-state index >= 15 is 0 Å². The van der Waals surface area contributed by atoms with Gasteiger partial charge in [-0.05, 0) is 115 Å². The number of aryl methyl sites for hydroxylation is 3. The Labute approximate surface area is 403 Å². The highest BCUT2D eigenvalue weighted by Crippen LogP contribution is 2.30. The Bertz CT molecular complexity index is 3050. The first-order valence-electron chi connectivity index (χ1n) is 22.5. The molecule has 0 fully saturated rings. The van der Waals surface area contributed by atoms with E-state index in [1.807, 2.05) is 90.5 Å². The summed E-state index contributed by atoms with van der Waals surface area (Å²) in [6.45, 7) is 24.8. The van der Waals surface area contributed by atoms with Crippen molar-refractivity contribution in [1.82, 2.24) is 48.6 Å². The number of benzene rings is 2. The van der Waals surface area contributed by atoms with Crippen LogP contribution < -0.4 is 21.3 Å². The molecule has 0 radical (unpaired) electrons. The SMILES string of the molecule is C=CC(=O)Nc1ccc2c(c1)c(C)cn2-c1nc(Nc2cn(CCOC(C)C)nc2C)ncc1F.C=CC(=O)Nc1ccc2c(c1)c(C)cn2-c1nc(Nc2cnn(CCOC(C)C)c2C)ncc1F. The predicted octanol–water partition coefficient (Wildman–Crippen LogP) is 9.33. The van der Waals surface area contributed by atoms with Crippen LogP contribution in [0.1, 0.15) is 50.2 Å². The van der Waals surface area contributed by atoms with Gasteiger partial charge in [-0.2, -0.15) is 20.2 Å². The number of nitrogens with zero attached hydrogens (tertiary/aromatic N) is 10. The number of nitrogens with one attached hydrogen (secondary N) is 4. The van der Waals surface area contributed by atoms with Crippen molar-refractivity contribution >= 4 is 68.3 Å². The van der Waals surface area contributed by atoms with Crippen LogP contribution in [0.2, 0.25) is 0 Å². The van der Waals surface area contributed by atoms with Gasteiger partial charge >= 0.3 is 0 Å². The number of ether oxygens (including phenoxy) is 2. The molecule has 70 heavy (non-hydrogen) atoms. The molecule has 0 saturated carbocycles. The van der Waals surface area contributed by atoms with Gasteiger partial charge in [0.25, 0.3) is 0 Å². The first kappa shape index (κ1) is 49.8. The van der Waals surface area contributed by atoms with Gasteiger partial charge in [-0.3, -0.25) is 28.1 Å². The van der Waals surface area contributed by atoms with Crippen molar-refractivity contribution in [2.75, 3.05) is 34.5 Å². The number of hydrogen-bond acceptors (Lipinski definition) is 12. The van der Waals surface area contributed by atoms with E-state index < -0.39 is 11.6 Å². The third kappa shape index (κ3) is 11.8. The molecule has 0 aliphatic rings. The molecule has 6 heterocycles. The van der Waals surface area contributed by atoms with Crippen LogP contribution in [0.4, 0.5) is 43.4 Å². The summed E-state index contributed by atoms with van der Waals surface area (Å²) >= 11 is 0. The smallest absolute Gasteiger partial charge is 0.247 e. The summed E-state index contributed by atoms with van der Waals surface area (Å²) in [6, 6.07) is 10.8. The molecule has 4 N–H and O–H groups in total. The third-order valence-corrected chi connectivity index (χ3v) is 10.9. The maximum atomic E-state index is 14.8. The molecule has 8 aromatic rings. The number of carbonyl (C=O) groups excluding carboxylic acids is 2. The van der Waals surface area contributed by atoms with Crippen LogP contribution in [0.15, 0.2) is 98.9 Å². The molecule has 0 saturated heterocycles. The van der Waals surface area contributed by atoms with Crippen molar-refractivity contribution in [1.29, 1.82) is 0 Å². The Kier molecular flexibility index (Phi) is 15.6. The van der Waals surface area contributed by atoms with Gasteiger partial charge in [-0.25, -0.2) is 18.7 Å². The van der Waals surface area contributed by atoms with Crippen molar-refractivity contribution < 1.29 is 27.8 Å². The lowest BCUT2D eigenvalue weighted by Crippen LogP contribution is -2.12. The fraction of sp³-hybridized carbons (Fsp3) is 0.280. The molecule has 0 spiro atoms. The van der Waals surface area contributed by atoms with Gasteiger partial charge in [0.15, 0.2) is 23.3 Å². The monoisotopic (exact) mass is 954 g/mol. The zero-order valence-corrected chi connectivity index (χ0v) is 40.3. The molecule has 2 amide bonds. The first-order chi connectivity index (χ1) is 33.5. The van der Waals surface area contributed by atoms with E-state index in [2.05, 4.69) is 64.6 Å². The highest BCUT2D eigenvalue weighted by molar-refractivity contribution is 6.01. The Hall–Kier alpha value is -8.10. The van der Waals surface area contributed by atoms with E-state index in [0.717, 1.165) is 68.1 Å². The normalized spacial score (nSPS) is 11.3. The van der Waals surface area contributed by atoms with E-state index in [0.29, 0.717) is 37.7 Å². The molecule has 8 rings (SSSR count). The van der Waals surface area contributed by atoms with Gasteiger partial charge in [0, 0.05) is 40.7 Å². The molecule has 0 aliphatic carbocycles. The van der Waals surface area contributed by atoms with Gasteiger partial charge in [-0.1, -0.05) is 13.2 Å². The van der Waals surface area contributed by atoms with Crippen molar-refractivity contribution in [2.45, 2.75) is 80.7 Å². The molecule has 0 unspecified atom stereocenters. The van der Waals surface area contributed by atoms with Gasteiger partial charge in [0.1, 0.15) is 0 Å². The summed E-state index contributed by atoms with van der Waals surface area (Å²) in [4.78, 5) is 40.4. The van der Waals surface area contributed by atoms with Crippen molar-refractivity contribution in [3.05, 3.63) is 133 Å². The summed E-state index contributed by atoms with van der Waals surface area (Å²) < 4.78 is 47.8. The fourth-order valence-corrected chi connectivity index (χ4v) is 7.40. The molecular weight excluding hydrogens is 899 g/mol. The largest absolute Gasteiger partial charge is 0.377 e. The van der Waals surface area contributed by atoms with Crippen molar-refractivity contribution in [3.8, 4) is 11.6 Å². The number of carbonyl (C=O) groups is 2. The standard InChI is InChI=1S/2C25H28FN7O2/c1-6-23(34)29-18-7-8-22-19(11-18)16(4)14-32(22)24-20(26)12-27-25(31-24)30-21-13-28-33(17(21)5)9-10-35-15(2)3;1-6-23(34)28-18-7-8-22-19(11-18)16(4)13-33(22)24-20(26)12-27-25(30-24)29-21-14-32(31-17(21)5)9-10-35-15(2)3/h6-8,11-15H,1,9-10H2,2-5H3,(H,29,34)(H,27,30,31);6-8,11-15H,1,9-10H2,2-5H3,(H,28,34)(H,27,29,30). The maximum absolute atomic E-state index is 14.8. The molecule has 18 nitrogen and oxygen atoms in total. The van der Waals surface area contributed by atoms with Crippen LogP contribution in [0.3, 0.4) is 0 Å². The average Bonchev–Trinajstić information content (AvgIpc) is 4.06. The molecule has 364 valence electrons. The Morgan fingerprint density at radius 1 is 0.686 bits per heavy atom. The Balaban J connectivity index is 0.000000206. The summed E-state index contributed by atoms with van der Waals surface area (Å²) in [5, 5.41) is 22.4. The van der Waals surface area contributed by atoms with Crippen LogP contribution in [-0.4, -0.2) is 85.9 Å². The zero-order chi connectivity index (χ0) is 50.2. The minimum Gasteiger partial charge on any atom is -0.377 e. The minimum atomic E-state index is -0.560. The minimum absolute atomic E-state index is 0.110. The Morgan fingerprint density at radius 2 is 1.17 bits per heavy atom. The lowest BCUT2D eigenvalue weighted by Gasteiger charge is -2.11.